The van der Waals surface area contributed by atoms with Crippen molar-refractivity contribution >= 4 is 0 Å². The standard InChI is InChI=1S/C17H21N3O2/c1-12-9-18-17(19-12)14-4-5-20(11-14)10-13-2-3-15-16(8-13)22-7-6-21-15/h2-3,8-9,14H,4-7,10-11H2,1H3,(H,18,19)/t14-/m1/s1. The highest BCUT2D eigenvalue weighted by Crippen LogP contribution is 2.32. The van der Waals surface area contributed by atoms with E-state index in [9.17, 15) is 0 Å². The number of aryl methyl sites for hydroxylation is 1. The van der Waals surface area contributed by atoms with Gasteiger partial charge in [-0.3, -0.25) is 4.90 Å². The first-order valence-electron chi connectivity index (χ1n) is 7.90. The monoisotopic (exact) mass is 299 g/mol. The summed E-state index contributed by atoms with van der Waals surface area (Å²) in [6.07, 6.45) is 3.08. The third-order valence-corrected chi connectivity index (χ3v) is 4.39. The molecule has 1 aromatic carbocycles. The van der Waals surface area contributed by atoms with E-state index < -0.39 is 0 Å². The second-order valence-electron chi connectivity index (χ2n) is 6.15. The Labute approximate surface area is 130 Å². The first-order chi connectivity index (χ1) is 10.8. The lowest BCUT2D eigenvalue weighted by Crippen LogP contribution is -2.20. The molecule has 5 nitrogen and oxygen atoms in total. The van der Waals surface area contributed by atoms with Gasteiger partial charge in [0.2, 0.25) is 0 Å². The fourth-order valence-electron chi connectivity index (χ4n) is 3.28. The van der Waals surface area contributed by atoms with Gasteiger partial charge >= 0.3 is 0 Å². The summed E-state index contributed by atoms with van der Waals surface area (Å²) < 4.78 is 11.2. The number of aromatic amines is 1. The third-order valence-electron chi connectivity index (χ3n) is 4.39. The number of benzene rings is 1. The molecular weight excluding hydrogens is 278 g/mol. The number of imidazole rings is 1. The molecule has 0 bridgehead atoms. The molecule has 0 spiro atoms. The number of aromatic nitrogens is 2. The van der Waals surface area contributed by atoms with Gasteiger partial charge in [-0.1, -0.05) is 6.07 Å². The molecule has 4 rings (SSSR count). The maximum absolute atomic E-state index is 5.66. The van der Waals surface area contributed by atoms with Crippen molar-refractivity contribution in [2.45, 2.75) is 25.8 Å². The van der Waals surface area contributed by atoms with Crippen LogP contribution in [-0.4, -0.2) is 41.2 Å². The Morgan fingerprint density at radius 2 is 2.14 bits per heavy atom. The Balaban J connectivity index is 1.42. The third kappa shape index (κ3) is 2.68. The average Bonchev–Trinajstić information content (AvgIpc) is 3.16. The van der Waals surface area contributed by atoms with Crippen molar-refractivity contribution in [3.8, 4) is 11.5 Å². The van der Waals surface area contributed by atoms with Gasteiger partial charge in [0, 0.05) is 30.9 Å². The highest BCUT2D eigenvalue weighted by molar-refractivity contribution is 5.43. The minimum atomic E-state index is 0.519. The zero-order valence-corrected chi connectivity index (χ0v) is 12.8. The van der Waals surface area contributed by atoms with Crippen LogP contribution in [0, 0.1) is 6.92 Å². The number of nitrogens with zero attached hydrogens (tertiary/aromatic N) is 2. The molecule has 22 heavy (non-hydrogen) atoms. The van der Waals surface area contributed by atoms with Crippen LogP contribution < -0.4 is 9.47 Å². The van der Waals surface area contributed by atoms with Gasteiger partial charge in [0.15, 0.2) is 11.5 Å². The van der Waals surface area contributed by atoms with Crippen molar-refractivity contribution in [2.24, 2.45) is 0 Å². The first kappa shape index (κ1) is 13.6. The molecule has 0 saturated carbocycles. The van der Waals surface area contributed by atoms with Gasteiger partial charge in [0.05, 0.1) is 0 Å². The molecule has 1 atom stereocenters. The molecule has 2 aliphatic rings. The Morgan fingerprint density at radius 3 is 2.95 bits per heavy atom. The van der Waals surface area contributed by atoms with Gasteiger partial charge in [-0.05, 0) is 37.6 Å². The van der Waals surface area contributed by atoms with Crippen LogP contribution in [0.4, 0.5) is 0 Å². The lowest BCUT2D eigenvalue weighted by atomic mass is 10.1. The van der Waals surface area contributed by atoms with Crippen LogP contribution in [0.5, 0.6) is 11.5 Å². The van der Waals surface area contributed by atoms with Crippen LogP contribution in [0.25, 0.3) is 0 Å². The van der Waals surface area contributed by atoms with Crippen molar-refractivity contribution < 1.29 is 9.47 Å². The van der Waals surface area contributed by atoms with Crippen LogP contribution in [0.3, 0.4) is 0 Å². The SMILES string of the molecule is Cc1cnc([C@@H]2CCN(Cc3ccc4c(c3)OCCO4)C2)[nH]1. The van der Waals surface area contributed by atoms with Crippen molar-refractivity contribution in [1.29, 1.82) is 0 Å². The molecular formula is C17H21N3O2. The molecule has 0 radical (unpaired) electrons. The second kappa shape index (κ2) is 5.65. The maximum atomic E-state index is 5.66. The number of nitrogens with one attached hydrogen (secondary N) is 1. The van der Waals surface area contributed by atoms with E-state index in [1.54, 1.807) is 0 Å². The molecule has 0 unspecified atom stereocenters. The summed E-state index contributed by atoms with van der Waals surface area (Å²) >= 11 is 0. The molecule has 2 aromatic rings. The normalized spacial score (nSPS) is 21.2. The molecule has 2 aliphatic heterocycles. The molecule has 3 heterocycles. The maximum Gasteiger partial charge on any atom is 0.161 e. The van der Waals surface area contributed by atoms with Crippen LogP contribution >= 0.6 is 0 Å². The second-order valence-corrected chi connectivity index (χ2v) is 6.15. The largest absolute Gasteiger partial charge is 0.486 e. The average molecular weight is 299 g/mol. The van der Waals surface area contributed by atoms with Crippen molar-refractivity contribution in [1.82, 2.24) is 14.9 Å². The van der Waals surface area contributed by atoms with E-state index >= 15 is 0 Å². The smallest absolute Gasteiger partial charge is 0.161 e. The van der Waals surface area contributed by atoms with Gasteiger partial charge in [0.25, 0.3) is 0 Å². The Bertz CT molecular complexity index is 668. The van der Waals surface area contributed by atoms with E-state index in [1.165, 1.54) is 5.56 Å². The number of likely N-dealkylation sites (tertiary alicyclic amines) is 1. The van der Waals surface area contributed by atoms with E-state index in [-0.39, 0.29) is 0 Å². The summed E-state index contributed by atoms with van der Waals surface area (Å²) in [6.45, 7) is 6.45. The highest BCUT2D eigenvalue weighted by atomic mass is 16.6. The summed E-state index contributed by atoms with van der Waals surface area (Å²) in [5, 5.41) is 0. The van der Waals surface area contributed by atoms with Crippen LogP contribution in [0.15, 0.2) is 24.4 Å². The zero-order chi connectivity index (χ0) is 14.9. The van der Waals surface area contributed by atoms with Gasteiger partial charge < -0.3 is 14.5 Å². The van der Waals surface area contributed by atoms with Gasteiger partial charge in [0.1, 0.15) is 19.0 Å². The molecule has 1 fully saturated rings. The number of fused-ring (bicyclic) bond motifs is 1. The molecule has 1 N–H and O–H groups in total. The summed E-state index contributed by atoms with van der Waals surface area (Å²) in [4.78, 5) is 10.3. The van der Waals surface area contributed by atoms with Gasteiger partial charge in [-0.2, -0.15) is 0 Å². The zero-order valence-electron chi connectivity index (χ0n) is 12.8. The van der Waals surface area contributed by atoms with E-state index in [1.807, 2.05) is 12.3 Å². The summed E-state index contributed by atoms with van der Waals surface area (Å²) in [5.74, 6) is 3.38. The van der Waals surface area contributed by atoms with Crippen LogP contribution in [-0.2, 0) is 6.54 Å². The lowest BCUT2D eigenvalue weighted by Gasteiger charge is -2.20. The fraction of sp³-hybridized carbons (Fsp3) is 0.471. The van der Waals surface area contributed by atoms with E-state index in [0.29, 0.717) is 19.1 Å². The van der Waals surface area contributed by atoms with E-state index in [4.69, 9.17) is 9.47 Å². The van der Waals surface area contributed by atoms with Gasteiger partial charge in [-0.15, -0.1) is 0 Å². The van der Waals surface area contributed by atoms with Crippen LogP contribution in [0.1, 0.15) is 29.4 Å². The van der Waals surface area contributed by atoms with Crippen LogP contribution in [0.2, 0.25) is 0 Å². The molecule has 0 amide bonds. The molecule has 1 saturated heterocycles. The van der Waals surface area contributed by atoms with Crippen molar-refractivity contribution in [2.75, 3.05) is 26.3 Å². The van der Waals surface area contributed by atoms with E-state index in [2.05, 4.69) is 33.9 Å². The quantitative estimate of drug-likeness (QED) is 0.946. The summed E-state index contributed by atoms with van der Waals surface area (Å²) in [7, 11) is 0. The number of rotatable bonds is 3. The van der Waals surface area contributed by atoms with Crippen molar-refractivity contribution in [3.63, 3.8) is 0 Å². The first-order valence-corrected chi connectivity index (χ1v) is 7.90. The molecule has 0 aliphatic carbocycles. The molecule has 1 aromatic heterocycles. The fourth-order valence-corrected chi connectivity index (χ4v) is 3.28. The predicted octanol–water partition coefficient (Wildman–Crippen LogP) is 2.48. The lowest BCUT2D eigenvalue weighted by molar-refractivity contribution is 0.171. The topological polar surface area (TPSA) is 50.4 Å². The minimum Gasteiger partial charge on any atom is -0.486 e. The molecule has 5 heteroatoms. The van der Waals surface area contributed by atoms with E-state index in [0.717, 1.165) is 49.1 Å². The highest BCUT2D eigenvalue weighted by Gasteiger charge is 2.26. The Hall–Kier alpha value is -2.01. The summed E-state index contributed by atoms with van der Waals surface area (Å²) in [6, 6.07) is 6.27. The van der Waals surface area contributed by atoms with Crippen molar-refractivity contribution in [3.05, 3.63) is 41.5 Å². The molecule has 116 valence electrons. The summed E-state index contributed by atoms with van der Waals surface area (Å²) in [5.41, 5.74) is 2.42. The number of hydrogen-bond donors (Lipinski definition) is 1. The number of ether oxygens (including phenoxy) is 2. The predicted molar refractivity (Wildman–Crippen MR) is 83.4 cm³/mol. The Morgan fingerprint density at radius 1 is 1.27 bits per heavy atom. The number of hydrogen-bond acceptors (Lipinski definition) is 4. The van der Waals surface area contributed by atoms with Gasteiger partial charge in [-0.25, -0.2) is 4.98 Å². The minimum absolute atomic E-state index is 0.519. The number of H-pyrrole nitrogens is 1. The Kier molecular flexibility index (Phi) is 3.50.